The van der Waals surface area contributed by atoms with Crippen molar-refractivity contribution in [1.29, 1.82) is 0 Å². The smallest absolute Gasteiger partial charge is 0.174 e. The number of hydrogen-bond acceptors (Lipinski definition) is 4. The molecule has 0 aliphatic carbocycles. The number of furan rings is 1. The third-order valence-corrected chi connectivity index (χ3v) is 6.58. The molecule has 178 valence electrons. The average molecular weight is 493 g/mol. The Balaban J connectivity index is 1.36. The van der Waals surface area contributed by atoms with Crippen molar-refractivity contribution in [2.75, 3.05) is 4.90 Å². The van der Waals surface area contributed by atoms with E-state index in [4.69, 9.17) is 21.4 Å². The Morgan fingerprint density at radius 1 is 0.861 bits per heavy atom. The molecule has 0 spiro atoms. The van der Waals surface area contributed by atoms with Crippen LogP contribution in [-0.4, -0.2) is 14.7 Å². The molecule has 1 aliphatic heterocycles. The molecule has 0 saturated carbocycles. The van der Waals surface area contributed by atoms with E-state index in [2.05, 4.69) is 38.1 Å². The second-order valence-corrected chi connectivity index (χ2v) is 8.93. The second kappa shape index (κ2) is 9.71. The third-order valence-electron chi connectivity index (χ3n) is 6.27. The van der Waals surface area contributed by atoms with Crippen LogP contribution in [0.5, 0.6) is 11.5 Å². The fourth-order valence-corrected chi connectivity index (χ4v) is 4.99. The molecular weight excluding hydrogens is 468 g/mol. The van der Waals surface area contributed by atoms with Crippen LogP contribution in [-0.2, 0) is 6.54 Å². The minimum absolute atomic E-state index is 0.113. The van der Waals surface area contributed by atoms with Gasteiger partial charge in [-0.1, -0.05) is 24.3 Å². The Morgan fingerprint density at radius 2 is 1.67 bits per heavy atom. The van der Waals surface area contributed by atoms with Gasteiger partial charge in [-0.25, -0.2) is 0 Å². The highest BCUT2D eigenvalue weighted by Crippen LogP contribution is 2.42. The van der Waals surface area contributed by atoms with E-state index in [0.717, 1.165) is 34.3 Å². The van der Waals surface area contributed by atoms with Gasteiger partial charge in [-0.15, -0.1) is 0 Å². The molecule has 2 atom stereocenters. The topological polar surface area (TPSA) is 55.5 Å². The molecule has 1 saturated heterocycles. The number of ether oxygens (including phenoxy) is 1. The van der Waals surface area contributed by atoms with Crippen molar-refractivity contribution in [3.05, 3.63) is 133 Å². The maximum Gasteiger partial charge on any atom is 0.174 e. The van der Waals surface area contributed by atoms with Gasteiger partial charge in [-0.3, -0.25) is 4.98 Å². The van der Waals surface area contributed by atoms with Gasteiger partial charge in [0.15, 0.2) is 5.11 Å². The van der Waals surface area contributed by atoms with Gasteiger partial charge in [0.05, 0.1) is 24.5 Å². The lowest BCUT2D eigenvalue weighted by Gasteiger charge is -2.29. The summed E-state index contributed by atoms with van der Waals surface area (Å²) in [6.07, 6.45) is 5.59. The van der Waals surface area contributed by atoms with E-state index in [0.29, 0.717) is 11.7 Å². The Labute approximate surface area is 214 Å². The minimum Gasteiger partial charge on any atom is -0.467 e. The molecule has 6 nitrogen and oxygen atoms in total. The summed E-state index contributed by atoms with van der Waals surface area (Å²) in [6, 6.07) is 31.6. The van der Waals surface area contributed by atoms with Gasteiger partial charge in [0.2, 0.25) is 0 Å². The first-order chi connectivity index (χ1) is 17.8. The SMILES string of the molecule is S=C1N[C@H](c2ccccn2)[C@H](c2cccn2Cc2ccco2)N1c1ccc(Oc2ccccc2)cc1. The van der Waals surface area contributed by atoms with Crippen molar-refractivity contribution < 1.29 is 9.15 Å². The summed E-state index contributed by atoms with van der Waals surface area (Å²) in [5.74, 6) is 2.46. The lowest BCUT2D eigenvalue weighted by atomic mass is 10.0. The van der Waals surface area contributed by atoms with Crippen LogP contribution < -0.4 is 15.0 Å². The predicted molar refractivity (Wildman–Crippen MR) is 143 cm³/mol. The van der Waals surface area contributed by atoms with Crippen molar-refractivity contribution in [2.45, 2.75) is 18.6 Å². The molecule has 1 N–H and O–H groups in total. The van der Waals surface area contributed by atoms with Crippen molar-refractivity contribution in [3.63, 3.8) is 0 Å². The van der Waals surface area contributed by atoms with Crippen LogP contribution in [0.1, 0.15) is 29.2 Å². The van der Waals surface area contributed by atoms with Gasteiger partial charge in [-0.05, 0) is 85.0 Å². The first-order valence-electron chi connectivity index (χ1n) is 11.8. The number of hydrogen-bond donors (Lipinski definition) is 1. The Kier molecular flexibility index (Phi) is 5.97. The zero-order valence-electron chi connectivity index (χ0n) is 19.4. The van der Waals surface area contributed by atoms with E-state index >= 15 is 0 Å². The van der Waals surface area contributed by atoms with Crippen LogP contribution in [0.4, 0.5) is 5.69 Å². The summed E-state index contributed by atoms with van der Waals surface area (Å²) in [7, 11) is 0. The summed E-state index contributed by atoms with van der Waals surface area (Å²) >= 11 is 5.88. The molecular formula is C29H24N4O2S. The van der Waals surface area contributed by atoms with Crippen LogP contribution in [0.3, 0.4) is 0 Å². The minimum atomic E-state index is -0.121. The number of benzene rings is 2. The lowest BCUT2D eigenvalue weighted by Crippen LogP contribution is -2.30. The van der Waals surface area contributed by atoms with Crippen LogP contribution in [0.15, 0.2) is 120 Å². The number of pyridine rings is 1. The lowest BCUT2D eigenvalue weighted by molar-refractivity contribution is 0.475. The molecule has 0 amide bonds. The Bertz CT molecular complexity index is 1430. The molecule has 0 radical (unpaired) electrons. The molecule has 1 fully saturated rings. The standard InChI is InChI=1S/C29H24N4O2S/c36-29-31-27(25-11-4-5-17-30-25)28(26-12-6-18-32(26)20-24-10-7-19-34-24)33(29)21-13-15-23(16-14-21)35-22-8-2-1-3-9-22/h1-19,27-28H,20H2,(H,31,36)/t27-,28+/m1/s1. The molecule has 4 heterocycles. The number of para-hydroxylation sites is 1. The number of nitrogens with zero attached hydrogens (tertiary/aromatic N) is 3. The Morgan fingerprint density at radius 3 is 2.42 bits per heavy atom. The molecule has 3 aromatic heterocycles. The molecule has 7 heteroatoms. The van der Waals surface area contributed by atoms with Gasteiger partial charge >= 0.3 is 0 Å². The molecule has 5 aromatic rings. The largest absolute Gasteiger partial charge is 0.467 e. The van der Waals surface area contributed by atoms with Crippen LogP contribution in [0.2, 0.25) is 0 Å². The first kappa shape index (κ1) is 22.1. The summed E-state index contributed by atoms with van der Waals surface area (Å²) in [4.78, 5) is 6.81. The van der Waals surface area contributed by atoms with E-state index in [1.54, 1.807) is 6.26 Å². The fourth-order valence-electron chi connectivity index (χ4n) is 4.64. The summed E-state index contributed by atoms with van der Waals surface area (Å²) < 4.78 is 13.8. The van der Waals surface area contributed by atoms with Gasteiger partial charge in [0.25, 0.3) is 0 Å². The van der Waals surface area contributed by atoms with Crippen molar-refractivity contribution in [2.24, 2.45) is 0 Å². The van der Waals surface area contributed by atoms with E-state index in [9.17, 15) is 0 Å². The van der Waals surface area contributed by atoms with E-state index in [-0.39, 0.29) is 12.1 Å². The molecule has 2 aromatic carbocycles. The number of anilines is 1. The van der Waals surface area contributed by atoms with Crippen LogP contribution in [0.25, 0.3) is 0 Å². The van der Waals surface area contributed by atoms with Crippen LogP contribution in [0, 0.1) is 0 Å². The third kappa shape index (κ3) is 4.36. The molecule has 6 rings (SSSR count). The monoisotopic (exact) mass is 492 g/mol. The summed E-state index contributed by atoms with van der Waals surface area (Å²) in [5, 5.41) is 4.18. The van der Waals surface area contributed by atoms with Crippen molar-refractivity contribution >= 4 is 23.0 Å². The van der Waals surface area contributed by atoms with Gasteiger partial charge in [-0.2, -0.15) is 0 Å². The first-order valence-corrected chi connectivity index (χ1v) is 12.2. The van der Waals surface area contributed by atoms with Crippen molar-refractivity contribution in [1.82, 2.24) is 14.9 Å². The second-order valence-electron chi connectivity index (χ2n) is 8.55. The fraction of sp³-hybridized carbons (Fsp3) is 0.103. The van der Waals surface area contributed by atoms with E-state index in [1.165, 1.54) is 0 Å². The van der Waals surface area contributed by atoms with Crippen molar-refractivity contribution in [3.8, 4) is 11.5 Å². The van der Waals surface area contributed by atoms with E-state index < -0.39 is 0 Å². The number of nitrogens with one attached hydrogen (secondary N) is 1. The van der Waals surface area contributed by atoms with Gasteiger partial charge in [0, 0.05) is 23.8 Å². The van der Waals surface area contributed by atoms with E-state index in [1.807, 2.05) is 91.1 Å². The highest BCUT2D eigenvalue weighted by molar-refractivity contribution is 7.80. The molecule has 36 heavy (non-hydrogen) atoms. The number of thiocarbonyl (C=S) groups is 1. The highest BCUT2D eigenvalue weighted by atomic mass is 32.1. The number of rotatable bonds is 7. The zero-order valence-corrected chi connectivity index (χ0v) is 20.2. The van der Waals surface area contributed by atoms with Gasteiger partial charge in [0.1, 0.15) is 23.3 Å². The maximum absolute atomic E-state index is 6.00. The van der Waals surface area contributed by atoms with Gasteiger partial charge < -0.3 is 23.9 Å². The summed E-state index contributed by atoms with van der Waals surface area (Å²) in [6.45, 7) is 0.630. The zero-order chi connectivity index (χ0) is 24.3. The predicted octanol–water partition coefficient (Wildman–Crippen LogP) is 6.49. The van der Waals surface area contributed by atoms with Crippen LogP contribution >= 0.6 is 12.2 Å². The molecule has 1 aliphatic rings. The average Bonchev–Trinajstić information content (AvgIpc) is 3.67. The maximum atomic E-state index is 6.00. The normalized spacial score (nSPS) is 17.2. The Hall–Kier alpha value is -4.36. The summed E-state index contributed by atoms with van der Waals surface area (Å²) in [5.41, 5.74) is 3.02. The molecule has 0 bridgehead atoms. The molecule has 0 unspecified atom stereocenters. The quantitative estimate of drug-likeness (QED) is 0.262. The number of aromatic nitrogens is 2. The highest BCUT2D eigenvalue weighted by Gasteiger charge is 2.42.